The van der Waals surface area contributed by atoms with E-state index < -0.39 is 17.9 Å². The van der Waals surface area contributed by atoms with E-state index in [0.29, 0.717) is 27.3 Å². The maximum absolute atomic E-state index is 12.8. The van der Waals surface area contributed by atoms with E-state index in [4.69, 9.17) is 4.74 Å². The van der Waals surface area contributed by atoms with E-state index in [-0.39, 0.29) is 16.1 Å². The molecule has 11 heteroatoms. The van der Waals surface area contributed by atoms with Crippen molar-refractivity contribution in [1.82, 2.24) is 19.8 Å². The summed E-state index contributed by atoms with van der Waals surface area (Å²) in [5.74, 6) is -1.27. The maximum atomic E-state index is 12.8. The standard InChI is InChI=1S/C14H12F3N5O2S/c1-7(2)24-9-5-3-8(4-6-9)18-10(23)11-21-22-12(14(15,16)17)19-20-13(22)25-11/h3-7H,1-2H3,(H,18,23). The van der Waals surface area contributed by atoms with Crippen LogP contribution in [0.25, 0.3) is 4.96 Å². The molecule has 1 N–H and O–H groups in total. The molecule has 7 nitrogen and oxygen atoms in total. The summed E-state index contributed by atoms with van der Waals surface area (Å²) < 4.78 is 44.3. The van der Waals surface area contributed by atoms with Gasteiger partial charge in [0.15, 0.2) is 0 Å². The van der Waals surface area contributed by atoms with Crippen LogP contribution in [0.15, 0.2) is 24.3 Å². The molecule has 0 saturated carbocycles. The molecule has 1 aromatic carbocycles. The minimum atomic E-state index is -4.70. The van der Waals surface area contributed by atoms with Gasteiger partial charge in [0.2, 0.25) is 9.97 Å². The number of hydrogen-bond donors (Lipinski definition) is 1. The van der Waals surface area contributed by atoms with Crippen LogP contribution in [-0.2, 0) is 6.18 Å². The second-order valence-electron chi connectivity index (χ2n) is 5.27. The van der Waals surface area contributed by atoms with E-state index in [9.17, 15) is 18.0 Å². The van der Waals surface area contributed by atoms with Crippen LogP contribution >= 0.6 is 11.3 Å². The van der Waals surface area contributed by atoms with Gasteiger partial charge in [-0.2, -0.15) is 17.7 Å². The van der Waals surface area contributed by atoms with Crippen LogP contribution in [0.5, 0.6) is 5.75 Å². The molecule has 0 aliphatic rings. The molecule has 0 aliphatic heterocycles. The zero-order chi connectivity index (χ0) is 18.2. The molecule has 132 valence electrons. The number of amides is 1. The second kappa shape index (κ2) is 6.31. The number of halogens is 3. The highest BCUT2D eigenvalue weighted by atomic mass is 32.1. The summed E-state index contributed by atoms with van der Waals surface area (Å²) in [6, 6.07) is 6.60. The second-order valence-corrected chi connectivity index (χ2v) is 6.22. The molecule has 0 spiro atoms. The predicted molar refractivity (Wildman–Crippen MR) is 83.8 cm³/mol. The smallest absolute Gasteiger partial charge is 0.453 e. The highest BCUT2D eigenvalue weighted by Gasteiger charge is 2.38. The van der Waals surface area contributed by atoms with Gasteiger partial charge in [-0.05, 0) is 38.1 Å². The van der Waals surface area contributed by atoms with Gasteiger partial charge in [-0.25, -0.2) is 0 Å². The van der Waals surface area contributed by atoms with Crippen LogP contribution in [0, 0.1) is 0 Å². The van der Waals surface area contributed by atoms with E-state index in [2.05, 4.69) is 20.6 Å². The van der Waals surface area contributed by atoms with Crippen molar-refractivity contribution in [2.75, 3.05) is 5.32 Å². The fourth-order valence-corrected chi connectivity index (χ4v) is 2.69. The summed E-state index contributed by atoms with van der Waals surface area (Å²) in [6.07, 6.45) is -4.68. The summed E-state index contributed by atoms with van der Waals surface area (Å²) in [6.45, 7) is 3.77. The number of aromatic nitrogens is 4. The minimum absolute atomic E-state index is 0.0170. The van der Waals surface area contributed by atoms with Gasteiger partial charge < -0.3 is 10.1 Å². The Hall–Kier alpha value is -2.69. The molecule has 2 aromatic heterocycles. The minimum Gasteiger partial charge on any atom is -0.491 e. The van der Waals surface area contributed by atoms with Gasteiger partial charge in [-0.3, -0.25) is 4.79 Å². The summed E-state index contributed by atoms with van der Waals surface area (Å²) in [5.41, 5.74) is 0.461. The number of nitrogens with one attached hydrogen (secondary N) is 1. The van der Waals surface area contributed by atoms with Crippen LogP contribution in [0.1, 0.15) is 29.5 Å². The molecule has 1 amide bonds. The van der Waals surface area contributed by atoms with Crippen molar-refractivity contribution in [3.63, 3.8) is 0 Å². The van der Waals surface area contributed by atoms with E-state index in [1.807, 2.05) is 13.8 Å². The molecule has 2 heterocycles. The average molecular weight is 371 g/mol. The lowest BCUT2D eigenvalue weighted by molar-refractivity contribution is -0.146. The first-order valence-electron chi connectivity index (χ1n) is 7.11. The molecule has 0 radical (unpaired) electrons. The normalized spacial score (nSPS) is 11.9. The summed E-state index contributed by atoms with van der Waals surface area (Å²) in [4.78, 5) is 12.1. The number of hydrogen-bond acceptors (Lipinski definition) is 6. The lowest BCUT2D eigenvalue weighted by Gasteiger charge is -2.10. The number of fused-ring (bicyclic) bond motifs is 1. The first kappa shape index (κ1) is 17.1. The Balaban J connectivity index is 1.77. The molecule has 0 unspecified atom stereocenters. The van der Waals surface area contributed by atoms with Gasteiger partial charge in [0.05, 0.1) is 6.10 Å². The highest BCUT2D eigenvalue weighted by Crippen LogP contribution is 2.29. The van der Waals surface area contributed by atoms with Crippen molar-refractivity contribution >= 4 is 27.9 Å². The zero-order valence-electron chi connectivity index (χ0n) is 13.0. The van der Waals surface area contributed by atoms with E-state index in [1.54, 1.807) is 24.3 Å². The Bertz CT molecular complexity index is 901. The molecule has 0 saturated heterocycles. The SMILES string of the molecule is CC(C)Oc1ccc(NC(=O)c2nn3c(C(F)(F)F)nnc3s2)cc1. The molecule has 3 rings (SSSR count). The number of rotatable bonds is 4. The Morgan fingerprint density at radius 1 is 1.24 bits per heavy atom. The number of ether oxygens (including phenoxy) is 1. The van der Waals surface area contributed by atoms with Crippen molar-refractivity contribution in [1.29, 1.82) is 0 Å². The van der Waals surface area contributed by atoms with Crippen molar-refractivity contribution in [3.8, 4) is 5.75 Å². The quantitative estimate of drug-likeness (QED) is 0.761. The van der Waals surface area contributed by atoms with Crippen LogP contribution in [0.2, 0.25) is 0 Å². The molecular formula is C14H12F3N5O2S. The van der Waals surface area contributed by atoms with Crippen molar-refractivity contribution in [3.05, 3.63) is 35.1 Å². The third kappa shape index (κ3) is 3.71. The van der Waals surface area contributed by atoms with Crippen molar-refractivity contribution < 1.29 is 22.7 Å². The molecule has 0 fully saturated rings. The molecule has 3 aromatic rings. The predicted octanol–water partition coefficient (Wildman–Crippen LogP) is 3.24. The summed E-state index contributed by atoms with van der Waals surface area (Å²) >= 11 is 0.715. The van der Waals surface area contributed by atoms with Crippen LogP contribution < -0.4 is 10.1 Å². The number of carbonyl (C=O) groups is 1. The Morgan fingerprint density at radius 3 is 2.52 bits per heavy atom. The third-order valence-electron chi connectivity index (χ3n) is 2.92. The van der Waals surface area contributed by atoms with E-state index >= 15 is 0 Å². The monoisotopic (exact) mass is 371 g/mol. The van der Waals surface area contributed by atoms with E-state index in [0.717, 1.165) is 0 Å². The van der Waals surface area contributed by atoms with Crippen LogP contribution in [0.3, 0.4) is 0 Å². The molecule has 0 atom stereocenters. The largest absolute Gasteiger partial charge is 0.491 e. The van der Waals surface area contributed by atoms with Gasteiger partial charge in [0, 0.05) is 5.69 Å². The van der Waals surface area contributed by atoms with E-state index in [1.165, 1.54) is 0 Å². The van der Waals surface area contributed by atoms with Gasteiger partial charge >= 0.3 is 6.18 Å². The van der Waals surface area contributed by atoms with Crippen LogP contribution in [-0.4, -0.2) is 31.8 Å². The first-order valence-corrected chi connectivity index (χ1v) is 7.93. The molecule has 0 bridgehead atoms. The van der Waals surface area contributed by atoms with Gasteiger partial charge in [0.1, 0.15) is 5.75 Å². The fraction of sp³-hybridized carbons (Fsp3) is 0.286. The highest BCUT2D eigenvalue weighted by molar-refractivity contribution is 7.18. The Morgan fingerprint density at radius 2 is 1.92 bits per heavy atom. The molecule has 25 heavy (non-hydrogen) atoms. The number of benzene rings is 1. The van der Waals surface area contributed by atoms with Crippen LogP contribution in [0.4, 0.5) is 18.9 Å². The summed E-state index contributed by atoms with van der Waals surface area (Å²) in [5, 5.41) is 12.5. The zero-order valence-corrected chi connectivity index (χ0v) is 13.9. The lowest BCUT2D eigenvalue weighted by Crippen LogP contribution is -2.14. The Kier molecular flexibility index (Phi) is 4.33. The topological polar surface area (TPSA) is 81.4 Å². The average Bonchev–Trinajstić information content (AvgIpc) is 3.07. The lowest BCUT2D eigenvalue weighted by atomic mass is 10.3. The number of alkyl halides is 3. The first-order chi connectivity index (χ1) is 11.7. The van der Waals surface area contributed by atoms with Gasteiger partial charge in [0.25, 0.3) is 11.7 Å². The van der Waals surface area contributed by atoms with Crippen molar-refractivity contribution in [2.24, 2.45) is 0 Å². The molecule has 0 aliphatic carbocycles. The third-order valence-corrected chi connectivity index (χ3v) is 3.82. The maximum Gasteiger partial charge on any atom is 0.453 e. The van der Waals surface area contributed by atoms with Gasteiger partial charge in [-0.15, -0.1) is 15.3 Å². The number of anilines is 1. The fourth-order valence-electron chi connectivity index (χ4n) is 1.96. The number of nitrogens with zero attached hydrogens (tertiary/aromatic N) is 4. The molecular weight excluding hydrogens is 359 g/mol. The van der Waals surface area contributed by atoms with Gasteiger partial charge in [-0.1, -0.05) is 11.3 Å². The van der Waals surface area contributed by atoms with Crippen molar-refractivity contribution in [2.45, 2.75) is 26.1 Å². The summed E-state index contributed by atoms with van der Waals surface area (Å²) in [7, 11) is 0. The Labute approximate surface area is 143 Å². The number of carbonyl (C=O) groups excluding carboxylic acids is 1.